The van der Waals surface area contributed by atoms with E-state index in [1.807, 2.05) is 19.1 Å². The third-order valence-electron chi connectivity index (χ3n) is 5.99. The van der Waals surface area contributed by atoms with E-state index in [1.165, 1.54) is 4.90 Å². The maximum Gasteiger partial charge on any atom is 0.295 e. The van der Waals surface area contributed by atoms with E-state index >= 15 is 0 Å². The lowest BCUT2D eigenvalue weighted by atomic mass is 9.94. The second-order valence-electron chi connectivity index (χ2n) is 8.33. The Hall–Kier alpha value is -3.64. The molecule has 1 saturated heterocycles. The zero-order valence-corrected chi connectivity index (χ0v) is 18.6. The Labute approximate surface area is 196 Å². The Kier molecular flexibility index (Phi) is 5.38. The molecule has 5 rings (SSSR count). The summed E-state index contributed by atoms with van der Waals surface area (Å²) in [6.45, 7) is 2.15. The van der Waals surface area contributed by atoms with Gasteiger partial charge in [0.1, 0.15) is 11.9 Å². The van der Waals surface area contributed by atoms with Gasteiger partial charge in [-0.15, -0.1) is 0 Å². The number of benzene rings is 2. The first-order chi connectivity index (χ1) is 15.9. The number of rotatable bonds is 4. The summed E-state index contributed by atoms with van der Waals surface area (Å²) in [5.74, 6) is -1.19. The smallest absolute Gasteiger partial charge is 0.295 e. The minimum Gasteiger partial charge on any atom is -0.872 e. The Morgan fingerprint density at radius 2 is 1.94 bits per heavy atom. The fourth-order valence-corrected chi connectivity index (χ4v) is 4.70. The van der Waals surface area contributed by atoms with Crippen LogP contribution in [0.1, 0.15) is 35.2 Å². The summed E-state index contributed by atoms with van der Waals surface area (Å²) in [6.07, 6.45) is 4.21. The number of aromatic amines is 1. The molecule has 7 heteroatoms. The zero-order valence-electron chi connectivity index (χ0n) is 17.9. The lowest BCUT2D eigenvalue weighted by Crippen LogP contribution is -2.29. The van der Waals surface area contributed by atoms with E-state index in [0.29, 0.717) is 22.6 Å². The van der Waals surface area contributed by atoms with Crippen molar-refractivity contribution in [3.05, 3.63) is 99.8 Å². The van der Waals surface area contributed by atoms with Gasteiger partial charge < -0.3 is 14.7 Å². The van der Waals surface area contributed by atoms with Crippen LogP contribution in [0.25, 0.3) is 5.76 Å². The van der Waals surface area contributed by atoms with Gasteiger partial charge in [-0.1, -0.05) is 35.6 Å². The molecule has 0 aliphatic carbocycles. The molecule has 1 N–H and O–H groups in total. The minimum absolute atomic E-state index is 0.0329. The first-order valence-corrected chi connectivity index (χ1v) is 11.1. The van der Waals surface area contributed by atoms with Crippen LogP contribution in [0, 0.1) is 0 Å². The average Bonchev–Trinajstić information content (AvgIpc) is 3.30. The van der Waals surface area contributed by atoms with Crippen molar-refractivity contribution in [2.45, 2.75) is 32.0 Å². The predicted octanol–water partition coefficient (Wildman–Crippen LogP) is 2.90. The van der Waals surface area contributed by atoms with Crippen molar-refractivity contribution in [1.82, 2.24) is 4.90 Å². The fourth-order valence-electron chi connectivity index (χ4n) is 4.50. The highest BCUT2D eigenvalue weighted by Crippen LogP contribution is 2.41. The Morgan fingerprint density at radius 1 is 1.15 bits per heavy atom. The molecule has 1 fully saturated rings. The number of likely N-dealkylation sites (tertiary alicyclic amines) is 1. The number of carbonyl (C=O) groups excluding carboxylic acids is 2. The number of halogens is 1. The first kappa shape index (κ1) is 21.2. The highest BCUT2D eigenvalue weighted by Gasteiger charge is 2.44. The molecule has 1 aromatic heterocycles. The highest BCUT2D eigenvalue weighted by molar-refractivity contribution is 6.46. The van der Waals surface area contributed by atoms with Crippen molar-refractivity contribution in [1.29, 1.82) is 0 Å². The molecule has 1 amide bonds. The maximum atomic E-state index is 13.6. The normalized spacial score (nSPS) is 21.2. The molecule has 3 heterocycles. The number of aromatic nitrogens is 1. The summed E-state index contributed by atoms with van der Waals surface area (Å²) in [5, 5.41) is 14.1. The van der Waals surface area contributed by atoms with Crippen molar-refractivity contribution in [2.24, 2.45) is 0 Å². The van der Waals surface area contributed by atoms with Crippen LogP contribution < -0.4 is 14.8 Å². The van der Waals surface area contributed by atoms with Crippen LogP contribution in [0.5, 0.6) is 5.75 Å². The molecule has 2 aliphatic rings. The van der Waals surface area contributed by atoms with Gasteiger partial charge in [-0.2, -0.15) is 0 Å². The number of amides is 1. The number of Topliss-reactive ketones (excluding diaryl/α,β-unsaturated/α-hetero) is 1. The molecule has 0 spiro atoms. The zero-order chi connectivity index (χ0) is 23.1. The Morgan fingerprint density at radius 3 is 2.70 bits per heavy atom. The number of pyridine rings is 1. The quantitative estimate of drug-likeness (QED) is 0.340. The minimum atomic E-state index is -0.830. The van der Waals surface area contributed by atoms with Gasteiger partial charge >= 0.3 is 0 Å². The molecule has 33 heavy (non-hydrogen) atoms. The number of hydrogen-bond donors (Lipinski definition) is 0. The van der Waals surface area contributed by atoms with E-state index in [0.717, 1.165) is 16.9 Å². The molecule has 0 radical (unpaired) electrons. The van der Waals surface area contributed by atoms with E-state index in [-0.39, 0.29) is 18.2 Å². The van der Waals surface area contributed by atoms with Crippen LogP contribution in [0.4, 0.5) is 0 Å². The Balaban J connectivity index is 1.64. The topological polar surface area (TPSA) is 83.8 Å². The van der Waals surface area contributed by atoms with Crippen molar-refractivity contribution >= 4 is 29.1 Å². The standard InChI is InChI=1S/C26H21ClN2O4/c1-15-11-19-12-18(5-6-21(19)33-15)24(30)22-23(17-3-2-4-20(27)13-17)29(26(32)25(22)31)14-16-7-9-28-10-8-16/h2-10,12-13,15,23,30H,11,14H2,1H3/b24-22+. The molecule has 2 unspecified atom stereocenters. The highest BCUT2D eigenvalue weighted by atomic mass is 35.5. The van der Waals surface area contributed by atoms with Crippen molar-refractivity contribution in [2.75, 3.05) is 0 Å². The van der Waals surface area contributed by atoms with Crippen LogP contribution in [-0.2, 0) is 22.6 Å². The number of nitrogens with one attached hydrogen (secondary N) is 1. The molecule has 2 atom stereocenters. The third-order valence-corrected chi connectivity index (χ3v) is 6.23. The van der Waals surface area contributed by atoms with Gasteiger partial charge in [0.25, 0.3) is 5.91 Å². The van der Waals surface area contributed by atoms with Crippen LogP contribution in [0.2, 0.25) is 5.02 Å². The maximum absolute atomic E-state index is 13.6. The number of hydrogen-bond acceptors (Lipinski definition) is 4. The van der Waals surface area contributed by atoms with Crippen molar-refractivity contribution in [3.8, 4) is 5.75 Å². The van der Waals surface area contributed by atoms with Gasteiger partial charge in [0, 0.05) is 35.7 Å². The second-order valence-corrected chi connectivity index (χ2v) is 8.76. The molecule has 2 aromatic carbocycles. The number of ketones is 1. The monoisotopic (exact) mass is 460 g/mol. The number of fused-ring (bicyclic) bond motifs is 1. The fraction of sp³-hybridized carbons (Fsp3) is 0.192. The number of ether oxygens (including phenoxy) is 1. The van der Waals surface area contributed by atoms with Crippen LogP contribution in [0.3, 0.4) is 0 Å². The molecule has 2 aliphatic heterocycles. The van der Waals surface area contributed by atoms with E-state index in [2.05, 4.69) is 4.98 Å². The van der Waals surface area contributed by atoms with Crippen molar-refractivity contribution < 1.29 is 24.4 Å². The molecule has 3 aromatic rings. The average molecular weight is 461 g/mol. The lowest BCUT2D eigenvalue weighted by Gasteiger charge is -2.27. The summed E-state index contributed by atoms with van der Waals surface area (Å²) in [7, 11) is 0. The molecule has 6 nitrogen and oxygen atoms in total. The molecular weight excluding hydrogens is 440 g/mol. The van der Waals surface area contributed by atoms with E-state index in [4.69, 9.17) is 16.3 Å². The second kappa shape index (κ2) is 8.37. The van der Waals surface area contributed by atoms with Gasteiger partial charge in [0.15, 0.2) is 12.4 Å². The van der Waals surface area contributed by atoms with Gasteiger partial charge in [0.05, 0.1) is 6.04 Å². The van der Waals surface area contributed by atoms with Crippen LogP contribution in [0.15, 0.2) is 72.6 Å². The van der Waals surface area contributed by atoms with E-state index < -0.39 is 23.5 Å². The third kappa shape index (κ3) is 3.87. The van der Waals surface area contributed by atoms with Gasteiger partial charge in [-0.25, -0.2) is 4.98 Å². The van der Waals surface area contributed by atoms with Crippen LogP contribution in [-0.4, -0.2) is 22.7 Å². The molecular formula is C26H21ClN2O4. The summed E-state index contributed by atoms with van der Waals surface area (Å²) >= 11 is 6.23. The van der Waals surface area contributed by atoms with Gasteiger partial charge in [0.2, 0.25) is 5.78 Å². The summed E-state index contributed by atoms with van der Waals surface area (Å²) in [5.41, 5.74) is 2.68. The number of nitrogens with zero attached hydrogens (tertiary/aromatic N) is 1. The lowest BCUT2D eigenvalue weighted by molar-refractivity contribution is -0.378. The van der Waals surface area contributed by atoms with E-state index in [1.54, 1.807) is 54.9 Å². The SMILES string of the molecule is CC1Cc2cc(/C([O-])=C3\C(=O)C(=O)N(Cc4cc[nH+]cc4)C3c3cccc(Cl)c3)ccc2O1. The predicted molar refractivity (Wildman–Crippen MR) is 120 cm³/mol. The number of carbonyl (C=O) groups is 2. The van der Waals surface area contributed by atoms with Crippen LogP contribution >= 0.6 is 11.6 Å². The van der Waals surface area contributed by atoms with Gasteiger partial charge in [-0.05, 0) is 53.4 Å². The van der Waals surface area contributed by atoms with Gasteiger partial charge in [-0.3, -0.25) is 9.59 Å². The van der Waals surface area contributed by atoms with E-state index in [9.17, 15) is 14.7 Å². The molecule has 0 saturated carbocycles. The first-order valence-electron chi connectivity index (χ1n) is 10.7. The molecule has 166 valence electrons. The largest absolute Gasteiger partial charge is 0.872 e. The summed E-state index contributed by atoms with van der Waals surface area (Å²) in [6, 6.07) is 14.9. The molecule has 0 bridgehead atoms. The Bertz CT molecular complexity index is 1290. The number of H-pyrrole nitrogens is 1. The summed E-state index contributed by atoms with van der Waals surface area (Å²) in [4.78, 5) is 30.6. The summed E-state index contributed by atoms with van der Waals surface area (Å²) < 4.78 is 5.73. The van der Waals surface area contributed by atoms with Crippen molar-refractivity contribution in [3.63, 3.8) is 0 Å².